The molecule has 0 atom stereocenters. The fourth-order valence-electron chi connectivity index (χ4n) is 9.72. The number of carbonyl (C=O) groups excluding carboxylic acids is 1. The summed E-state index contributed by atoms with van der Waals surface area (Å²) in [6.07, 6.45) is 6.58. The number of hydrogen-bond donors (Lipinski definition) is 1. The molecule has 53 heavy (non-hydrogen) atoms. The lowest BCUT2D eigenvalue weighted by Crippen LogP contribution is -2.61. The zero-order valence-corrected chi connectivity index (χ0v) is 30.6. The number of H-pyrrole nitrogens is 1. The van der Waals surface area contributed by atoms with Crippen LogP contribution in [0.5, 0.6) is 5.75 Å². The van der Waals surface area contributed by atoms with E-state index in [1.54, 1.807) is 6.20 Å². The van der Waals surface area contributed by atoms with Crippen molar-refractivity contribution in [1.29, 1.82) is 0 Å². The molecule has 2 aromatic carbocycles. The number of anilines is 2. The highest BCUT2D eigenvalue weighted by Gasteiger charge is 2.47. The lowest BCUT2D eigenvalue weighted by atomic mass is 9.72. The van der Waals surface area contributed by atoms with Crippen molar-refractivity contribution in [2.45, 2.75) is 75.9 Å². The first kappa shape index (κ1) is 34.4. The SMILES string of the molecule is C=CC(=O)N1CC2(CCN(c3nc(N4CCC5(CCCN5C)CC4)nc4c(OCC(F)(F)F)c(-c5c(C)ccc6[nH]ncc56)c(C5CC5)cc34)CC2)C1. The number of likely N-dealkylation sites (tertiary alicyclic amines) is 2. The number of nitrogens with zero attached hydrogens (tertiary/aromatic N) is 7. The Kier molecular flexibility index (Phi) is 8.17. The minimum atomic E-state index is -4.55. The Bertz CT molecular complexity index is 2090. The van der Waals surface area contributed by atoms with Gasteiger partial charge in [-0.25, -0.2) is 4.98 Å². The molecule has 1 N–H and O–H groups in total. The number of carbonyl (C=O) groups is 1. The summed E-state index contributed by atoms with van der Waals surface area (Å²) in [7, 11) is 2.22. The maximum atomic E-state index is 14.1. The quantitative estimate of drug-likeness (QED) is 0.204. The van der Waals surface area contributed by atoms with Crippen molar-refractivity contribution in [2.75, 3.05) is 69.3 Å². The van der Waals surface area contributed by atoms with Gasteiger partial charge in [0.1, 0.15) is 11.3 Å². The Labute approximate surface area is 307 Å². The van der Waals surface area contributed by atoms with E-state index in [-0.39, 0.29) is 28.5 Å². The summed E-state index contributed by atoms with van der Waals surface area (Å²) in [6.45, 7) is 9.73. The number of halogens is 3. The summed E-state index contributed by atoms with van der Waals surface area (Å²) in [4.78, 5) is 31.6. The zero-order chi connectivity index (χ0) is 36.7. The van der Waals surface area contributed by atoms with Gasteiger partial charge in [0.25, 0.3) is 0 Å². The number of piperidine rings is 2. The molecule has 13 heteroatoms. The summed E-state index contributed by atoms with van der Waals surface area (Å²) < 4.78 is 48.4. The van der Waals surface area contributed by atoms with Crippen LogP contribution in [0, 0.1) is 12.3 Å². The van der Waals surface area contributed by atoms with Crippen LogP contribution in [-0.4, -0.2) is 107 Å². The molecule has 4 aliphatic heterocycles. The number of nitrogens with one attached hydrogen (secondary N) is 1. The van der Waals surface area contributed by atoms with E-state index in [0.717, 1.165) is 123 Å². The Morgan fingerprint density at radius 2 is 1.74 bits per heavy atom. The van der Waals surface area contributed by atoms with E-state index in [2.05, 4.69) is 44.6 Å². The largest absolute Gasteiger partial charge is 0.481 e. The summed E-state index contributed by atoms with van der Waals surface area (Å²) in [5.41, 5.74) is 4.86. The molecule has 9 rings (SSSR count). The molecule has 4 saturated heterocycles. The molecule has 1 saturated carbocycles. The highest BCUT2D eigenvalue weighted by molar-refractivity contribution is 6.06. The standard InChI is InChI=1S/C40H47F3N8O2/c1-4-31(52)51-22-38(23-51)11-16-49(17-12-38)36-28-20-27(26-7-8-26)33(32-25(2)6-9-30-29(32)21-44-47-30)35(53-24-40(41,42)43)34(28)45-37(46-36)50-18-13-39(14-19-50)10-5-15-48(39)3/h4,6,9,20-21,26H,1,5,7-8,10-19,22-24H2,2-3H3,(H,44,47). The number of aryl methyl sites for hydroxylation is 1. The minimum Gasteiger partial charge on any atom is -0.481 e. The molecule has 0 unspecified atom stereocenters. The van der Waals surface area contributed by atoms with Crippen LogP contribution < -0.4 is 14.5 Å². The van der Waals surface area contributed by atoms with Crippen LogP contribution in [0.3, 0.4) is 0 Å². The molecule has 4 aromatic rings. The average molecular weight is 729 g/mol. The maximum Gasteiger partial charge on any atom is 0.422 e. The normalized spacial score (nSPS) is 21.6. The van der Waals surface area contributed by atoms with E-state index in [0.29, 0.717) is 17.0 Å². The average Bonchev–Trinajstić information content (AvgIpc) is 3.77. The van der Waals surface area contributed by atoms with Crippen molar-refractivity contribution in [1.82, 2.24) is 30.0 Å². The van der Waals surface area contributed by atoms with Crippen molar-refractivity contribution >= 4 is 39.5 Å². The van der Waals surface area contributed by atoms with E-state index >= 15 is 0 Å². The number of amides is 1. The predicted octanol–water partition coefficient (Wildman–Crippen LogP) is 6.98. The molecule has 1 amide bonds. The van der Waals surface area contributed by atoms with Gasteiger partial charge in [0.15, 0.2) is 12.4 Å². The molecule has 1 aliphatic carbocycles. The first-order valence-electron chi connectivity index (χ1n) is 19.1. The van der Waals surface area contributed by atoms with Gasteiger partial charge in [-0.15, -0.1) is 0 Å². The molecule has 2 aromatic heterocycles. The predicted molar refractivity (Wildman–Crippen MR) is 200 cm³/mol. The van der Waals surface area contributed by atoms with E-state index < -0.39 is 12.8 Å². The smallest absolute Gasteiger partial charge is 0.422 e. The zero-order valence-electron chi connectivity index (χ0n) is 30.6. The van der Waals surface area contributed by atoms with Gasteiger partial charge in [0, 0.05) is 66.6 Å². The van der Waals surface area contributed by atoms with Gasteiger partial charge < -0.3 is 24.3 Å². The highest BCUT2D eigenvalue weighted by atomic mass is 19.4. The van der Waals surface area contributed by atoms with Gasteiger partial charge in [-0.1, -0.05) is 12.6 Å². The van der Waals surface area contributed by atoms with Crippen LogP contribution in [0.1, 0.15) is 68.4 Å². The lowest BCUT2D eigenvalue weighted by Gasteiger charge is -2.54. The molecule has 5 aliphatic rings. The van der Waals surface area contributed by atoms with Gasteiger partial charge in [-0.2, -0.15) is 23.3 Å². The number of alkyl halides is 3. The summed E-state index contributed by atoms with van der Waals surface area (Å²) in [5, 5.41) is 8.93. The monoisotopic (exact) mass is 728 g/mol. The third kappa shape index (κ3) is 5.99. The topological polar surface area (TPSA) is 93.7 Å². The van der Waals surface area contributed by atoms with Crippen LogP contribution >= 0.6 is 0 Å². The summed E-state index contributed by atoms with van der Waals surface area (Å²) in [5.74, 6) is 1.60. The van der Waals surface area contributed by atoms with E-state index in [9.17, 15) is 18.0 Å². The van der Waals surface area contributed by atoms with Gasteiger partial charge in [0.05, 0.1) is 11.7 Å². The van der Waals surface area contributed by atoms with Gasteiger partial charge >= 0.3 is 6.18 Å². The molecule has 280 valence electrons. The third-order valence-corrected chi connectivity index (χ3v) is 13.0. The van der Waals surface area contributed by atoms with Crippen LogP contribution in [0.25, 0.3) is 32.9 Å². The van der Waals surface area contributed by atoms with E-state index in [4.69, 9.17) is 14.7 Å². The molecule has 2 spiro atoms. The second-order valence-corrected chi connectivity index (χ2v) is 16.3. The number of rotatable bonds is 7. The van der Waals surface area contributed by atoms with Crippen molar-refractivity contribution in [3.63, 3.8) is 0 Å². The first-order valence-corrected chi connectivity index (χ1v) is 19.1. The van der Waals surface area contributed by atoms with Crippen LogP contribution in [0.2, 0.25) is 0 Å². The molecular formula is C40H47F3N8O2. The molecule has 0 bridgehead atoms. The van der Waals surface area contributed by atoms with Crippen molar-refractivity contribution in [2.24, 2.45) is 5.41 Å². The van der Waals surface area contributed by atoms with E-state index in [1.807, 2.05) is 24.0 Å². The fourth-order valence-corrected chi connectivity index (χ4v) is 9.72. The molecule has 10 nitrogen and oxygen atoms in total. The molecule has 6 heterocycles. The number of benzene rings is 2. The number of aromatic nitrogens is 4. The van der Waals surface area contributed by atoms with Gasteiger partial charge in [-0.05, 0) is 113 Å². The Morgan fingerprint density at radius 1 is 1.00 bits per heavy atom. The Balaban J connectivity index is 1.20. The lowest BCUT2D eigenvalue weighted by molar-refractivity contribution is -0.153. The van der Waals surface area contributed by atoms with Gasteiger partial charge in [0.2, 0.25) is 11.9 Å². The maximum absolute atomic E-state index is 14.1. The Morgan fingerprint density at radius 3 is 2.40 bits per heavy atom. The summed E-state index contributed by atoms with van der Waals surface area (Å²) in [6, 6.07) is 6.09. The van der Waals surface area contributed by atoms with Crippen molar-refractivity contribution < 1.29 is 22.7 Å². The Hall–Kier alpha value is -4.39. The number of aromatic amines is 1. The van der Waals surface area contributed by atoms with Crippen LogP contribution in [0.15, 0.2) is 37.1 Å². The highest BCUT2D eigenvalue weighted by Crippen LogP contribution is 2.53. The minimum absolute atomic E-state index is 0.0345. The second-order valence-electron chi connectivity index (χ2n) is 16.3. The van der Waals surface area contributed by atoms with E-state index in [1.165, 1.54) is 18.9 Å². The molecular weight excluding hydrogens is 681 g/mol. The van der Waals surface area contributed by atoms with Crippen LogP contribution in [0.4, 0.5) is 24.9 Å². The van der Waals surface area contributed by atoms with Crippen LogP contribution in [-0.2, 0) is 4.79 Å². The number of hydrogen-bond acceptors (Lipinski definition) is 8. The molecule has 5 fully saturated rings. The van der Waals surface area contributed by atoms with Crippen molar-refractivity contribution in [3.8, 4) is 16.9 Å². The first-order chi connectivity index (χ1) is 25.5. The van der Waals surface area contributed by atoms with Crippen molar-refractivity contribution in [3.05, 3.63) is 48.2 Å². The fraction of sp³-hybridized carbons (Fsp3) is 0.550. The molecule has 0 radical (unpaired) electrons. The summed E-state index contributed by atoms with van der Waals surface area (Å²) >= 11 is 0. The number of ether oxygens (including phenoxy) is 1. The third-order valence-electron chi connectivity index (χ3n) is 13.0. The van der Waals surface area contributed by atoms with Gasteiger partial charge in [-0.3, -0.25) is 9.89 Å². The number of fused-ring (bicyclic) bond motifs is 2. The second kappa shape index (κ2) is 12.6.